The second-order valence-electron chi connectivity index (χ2n) is 4.53. The molecule has 1 aromatic carbocycles. The Morgan fingerprint density at radius 1 is 1.16 bits per heavy atom. The highest BCUT2D eigenvalue weighted by molar-refractivity contribution is 7.94. The second kappa shape index (κ2) is 4.94. The molecule has 0 aliphatic rings. The number of anilines is 1. The van der Waals surface area contributed by atoms with Crippen molar-refractivity contribution < 1.29 is 8.42 Å². The topological polar surface area (TPSA) is 59.1 Å². The molecule has 0 amide bonds. The zero-order chi connectivity index (χ0) is 14.2. The molecule has 4 nitrogen and oxygen atoms in total. The molecule has 0 spiro atoms. The lowest BCUT2D eigenvalue weighted by Crippen LogP contribution is -2.13. The van der Waals surface area contributed by atoms with E-state index in [1.807, 2.05) is 26.0 Å². The summed E-state index contributed by atoms with van der Waals surface area (Å²) in [5, 5.41) is 0.749. The summed E-state index contributed by atoms with van der Waals surface area (Å²) >= 11 is 1.19. The minimum absolute atomic E-state index is 0.282. The molecule has 1 aromatic heterocycles. The lowest BCUT2D eigenvalue weighted by Gasteiger charge is -2.10. The highest BCUT2D eigenvalue weighted by Gasteiger charge is 2.21. The van der Waals surface area contributed by atoms with Gasteiger partial charge in [0.05, 0.1) is 16.4 Å². The van der Waals surface area contributed by atoms with Crippen molar-refractivity contribution in [2.45, 2.75) is 31.9 Å². The first kappa shape index (κ1) is 14.0. The van der Waals surface area contributed by atoms with Crippen LogP contribution < -0.4 is 4.72 Å². The van der Waals surface area contributed by atoms with E-state index in [9.17, 15) is 8.42 Å². The van der Waals surface area contributed by atoms with Gasteiger partial charge in [-0.25, -0.2) is 13.4 Å². The maximum Gasteiger partial charge on any atom is 0.273 e. The summed E-state index contributed by atoms with van der Waals surface area (Å²) in [6.07, 6.45) is 0. The lowest BCUT2D eigenvalue weighted by atomic mass is 10.1. The lowest BCUT2D eigenvalue weighted by molar-refractivity contribution is 0.602. The number of aryl methyl sites for hydroxylation is 4. The highest BCUT2D eigenvalue weighted by Crippen LogP contribution is 2.26. The average Bonchev–Trinajstić information content (AvgIpc) is 2.63. The van der Waals surface area contributed by atoms with Crippen molar-refractivity contribution in [2.24, 2.45) is 0 Å². The summed E-state index contributed by atoms with van der Waals surface area (Å²) in [6.45, 7) is 7.37. The van der Waals surface area contributed by atoms with Gasteiger partial charge in [-0.1, -0.05) is 17.7 Å². The molecule has 0 unspecified atom stereocenters. The molecule has 6 heteroatoms. The van der Waals surface area contributed by atoms with Crippen LogP contribution in [-0.2, 0) is 10.0 Å². The predicted molar refractivity (Wildman–Crippen MR) is 78.3 cm³/mol. The van der Waals surface area contributed by atoms with Crippen molar-refractivity contribution in [3.63, 3.8) is 0 Å². The van der Waals surface area contributed by atoms with Gasteiger partial charge in [0, 0.05) is 0 Å². The third kappa shape index (κ3) is 2.96. The zero-order valence-electron chi connectivity index (χ0n) is 11.3. The first-order chi connectivity index (χ1) is 8.79. The third-order valence-corrected chi connectivity index (χ3v) is 5.78. The number of benzene rings is 1. The number of sulfonamides is 1. The van der Waals surface area contributed by atoms with Crippen LogP contribution >= 0.6 is 11.3 Å². The van der Waals surface area contributed by atoms with Gasteiger partial charge in [0.2, 0.25) is 0 Å². The van der Waals surface area contributed by atoms with Gasteiger partial charge in [0.1, 0.15) is 0 Å². The smallest absolute Gasteiger partial charge is 0.273 e. The molecular weight excluding hydrogens is 280 g/mol. The van der Waals surface area contributed by atoms with Crippen LogP contribution in [0.2, 0.25) is 0 Å². The van der Waals surface area contributed by atoms with Crippen molar-refractivity contribution in [1.29, 1.82) is 0 Å². The van der Waals surface area contributed by atoms with Crippen molar-refractivity contribution in [3.8, 4) is 0 Å². The van der Waals surface area contributed by atoms with E-state index in [0.717, 1.165) is 16.1 Å². The van der Waals surface area contributed by atoms with Crippen LogP contribution in [-0.4, -0.2) is 13.4 Å². The van der Waals surface area contributed by atoms with Gasteiger partial charge < -0.3 is 0 Å². The summed E-state index contributed by atoms with van der Waals surface area (Å²) in [4.78, 5) is 4.15. The molecule has 0 aliphatic carbocycles. The molecule has 0 saturated carbocycles. The maximum atomic E-state index is 12.3. The Morgan fingerprint density at radius 3 is 2.37 bits per heavy atom. The van der Waals surface area contributed by atoms with Gasteiger partial charge in [-0.05, 0) is 39.3 Å². The van der Waals surface area contributed by atoms with Crippen LogP contribution in [0, 0.1) is 27.7 Å². The standard InChI is InChI=1S/C13H16N2O2S2/c1-8-5-6-12(9(2)7-8)15-19(16,17)13-10(3)14-11(4)18-13/h5-7,15H,1-4H3. The summed E-state index contributed by atoms with van der Waals surface area (Å²) in [5.41, 5.74) is 3.16. The molecule has 0 atom stereocenters. The van der Waals surface area contributed by atoms with E-state index in [0.29, 0.717) is 11.4 Å². The number of nitrogens with zero attached hydrogens (tertiary/aromatic N) is 1. The number of aromatic nitrogens is 1. The fourth-order valence-corrected chi connectivity index (χ4v) is 4.50. The molecule has 0 fully saturated rings. The van der Waals surface area contributed by atoms with E-state index in [1.165, 1.54) is 11.3 Å². The Morgan fingerprint density at radius 2 is 1.84 bits per heavy atom. The monoisotopic (exact) mass is 296 g/mol. The van der Waals surface area contributed by atoms with Crippen molar-refractivity contribution in [1.82, 2.24) is 4.98 Å². The maximum absolute atomic E-state index is 12.3. The highest BCUT2D eigenvalue weighted by atomic mass is 32.2. The Bertz CT molecular complexity index is 718. The number of hydrogen-bond acceptors (Lipinski definition) is 4. The van der Waals surface area contributed by atoms with Crippen LogP contribution in [0.25, 0.3) is 0 Å². The van der Waals surface area contributed by atoms with Crippen molar-refractivity contribution in [3.05, 3.63) is 40.0 Å². The predicted octanol–water partition coefficient (Wildman–Crippen LogP) is 3.18. The molecule has 2 rings (SSSR count). The first-order valence-electron chi connectivity index (χ1n) is 5.84. The molecule has 2 aromatic rings. The molecule has 0 radical (unpaired) electrons. The van der Waals surface area contributed by atoms with Crippen molar-refractivity contribution >= 4 is 27.0 Å². The average molecular weight is 296 g/mol. The Labute approximate surface area is 117 Å². The van der Waals surface area contributed by atoms with Crippen LogP contribution in [0.4, 0.5) is 5.69 Å². The quantitative estimate of drug-likeness (QED) is 0.946. The van der Waals surface area contributed by atoms with Gasteiger partial charge in [-0.3, -0.25) is 4.72 Å². The fraction of sp³-hybridized carbons (Fsp3) is 0.308. The van der Waals surface area contributed by atoms with Crippen LogP contribution in [0.5, 0.6) is 0 Å². The third-order valence-electron chi connectivity index (χ3n) is 2.73. The van der Waals surface area contributed by atoms with Gasteiger partial charge in [0.15, 0.2) is 4.21 Å². The van der Waals surface area contributed by atoms with E-state index in [1.54, 1.807) is 19.9 Å². The van der Waals surface area contributed by atoms with E-state index < -0.39 is 10.0 Å². The van der Waals surface area contributed by atoms with Gasteiger partial charge in [0.25, 0.3) is 10.0 Å². The number of nitrogens with one attached hydrogen (secondary N) is 1. The SMILES string of the molecule is Cc1ccc(NS(=O)(=O)c2sc(C)nc2C)c(C)c1. The normalized spacial score (nSPS) is 11.6. The summed E-state index contributed by atoms with van der Waals surface area (Å²) in [6, 6.07) is 5.61. The van der Waals surface area contributed by atoms with E-state index in [-0.39, 0.29) is 4.21 Å². The van der Waals surface area contributed by atoms with Crippen molar-refractivity contribution in [2.75, 3.05) is 4.72 Å². The van der Waals surface area contributed by atoms with Crippen LogP contribution in [0.1, 0.15) is 21.8 Å². The molecule has 1 heterocycles. The molecule has 102 valence electrons. The number of hydrogen-bond donors (Lipinski definition) is 1. The Hall–Kier alpha value is -1.40. The Balaban J connectivity index is 2.39. The minimum atomic E-state index is -3.55. The van der Waals surface area contributed by atoms with Crippen LogP contribution in [0.3, 0.4) is 0 Å². The molecule has 19 heavy (non-hydrogen) atoms. The number of rotatable bonds is 3. The van der Waals surface area contributed by atoms with Crippen LogP contribution in [0.15, 0.2) is 22.4 Å². The van der Waals surface area contributed by atoms with Gasteiger partial charge in [-0.15, -0.1) is 11.3 Å². The molecule has 1 N–H and O–H groups in total. The second-order valence-corrected chi connectivity index (χ2v) is 7.61. The first-order valence-corrected chi connectivity index (χ1v) is 8.13. The fourth-order valence-electron chi connectivity index (χ4n) is 1.88. The molecular formula is C13H16N2O2S2. The minimum Gasteiger partial charge on any atom is -0.279 e. The van der Waals surface area contributed by atoms with Gasteiger partial charge in [-0.2, -0.15) is 0 Å². The number of thiazole rings is 1. The molecule has 0 aliphatic heterocycles. The summed E-state index contributed by atoms with van der Waals surface area (Å²) < 4.78 is 27.6. The summed E-state index contributed by atoms with van der Waals surface area (Å²) in [5.74, 6) is 0. The molecule has 0 bridgehead atoms. The van der Waals surface area contributed by atoms with E-state index in [4.69, 9.17) is 0 Å². The zero-order valence-corrected chi connectivity index (χ0v) is 12.9. The Kier molecular flexibility index (Phi) is 3.64. The summed E-state index contributed by atoms with van der Waals surface area (Å²) in [7, 11) is -3.55. The largest absolute Gasteiger partial charge is 0.279 e. The van der Waals surface area contributed by atoms with Gasteiger partial charge >= 0.3 is 0 Å². The van der Waals surface area contributed by atoms with E-state index in [2.05, 4.69) is 9.71 Å². The van der Waals surface area contributed by atoms with E-state index >= 15 is 0 Å². The molecule has 0 saturated heterocycles.